The number of anilines is 2. The molecule has 0 unspecified atom stereocenters. The van der Waals surface area contributed by atoms with Gasteiger partial charge in [-0.1, -0.05) is 30.3 Å². The second-order valence-corrected chi connectivity index (χ2v) is 8.02. The van der Waals surface area contributed by atoms with Crippen LogP contribution in [0.3, 0.4) is 0 Å². The first kappa shape index (κ1) is 22.3. The van der Waals surface area contributed by atoms with Gasteiger partial charge in [-0.15, -0.1) is 10.2 Å². The number of fused-ring (bicyclic) bond motifs is 1. The predicted molar refractivity (Wildman–Crippen MR) is 136 cm³/mol. The van der Waals surface area contributed by atoms with Crippen LogP contribution in [0.4, 0.5) is 11.4 Å². The summed E-state index contributed by atoms with van der Waals surface area (Å²) in [5, 5.41) is 12.3. The quantitative estimate of drug-likeness (QED) is 0.384. The molecule has 6 heteroatoms. The fourth-order valence-electron chi connectivity index (χ4n) is 3.87. The van der Waals surface area contributed by atoms with Crippen LogP contribution in [0.2, 0.25) is 0 Å². The van der Waals surface area contributed by atoms with Crippen molar-refractivity contribution in [1.82, 2.24) is 15.0 Å². The fraction of sp³-hybridized carbons (Fsp3) is 0.222. The molecule has 0 aliphatic rings. The Kier molecular flexibility index (Phi) is 6.54. The van der Waals surface area contributed by atoms with Gasteiger partial charge in [-0.3, -0.25) is 4.79 Å². The van der Waals surface area contributed by atoms with Crippen molar-refractivity contribution in [3.8, 4) is 5.69 Å². The summed E-state index contributed by atoms with van der Waals surface area (Å²) in [5.41, 5.74) is 7.41. The Morgan fingerprint density at radius 2 is 1.64 bits per heavy atom. The lowest BCUT2D eigenvalue weighted by Gasteiger charge is -2.22. The van der Waals surface area contributed by atoms with Crippen LogP contribution in [0.5, 0.6) is 0 Å². The van der Waals surface area contributed by atoms with Crippen molar-refractivity contribution in [1.29, 1.82) is 0 Å². The number of nitrogens with zero attached hydrogens (tertiary/aromatic N) is 4. The predicted octanol–water partition coefficient (Wildman–Crippen LogP) is 5.54. The van der Waals surface area contributed by atoms with Gasteiger partial charge in [0.1, 0.15) is 11.0 Å². The first-order chi connectivity index (χ1) is 16.0. The van der Waals surface area contributed by atoms with Crippen LogP contribution in [-0.4, -0.2) is 34.0 Å². The van der Waals surface area contributed by atoms with E-state index in [1.165, 1.54) is 11.8 Å². The summed E-state index contributed by atoms with van der Waals surface area (Å²) in [6.07, 6.45) is 3.33. The molecular formula is C27H29N5O. The maximum Gasteiger partial charge on any atom is 0.248 e. The number of rotatable bonds is 7. The lowest BCUT2D eigenvalue weighted by Crippen LogP contribution is -2.21. The molecule has 1 amide bonds. The third-order valence-corrected chi connectivity index (χ3v) is 5.74. The summed E-state index contributed by atoms with van der Waals surface area (Å²) < 4.78 is 0. The Hall–Kier alpha value is -3.93. The van der Waals surface area contributed by atoms with Crippen LogP contribution in [0.15, 0.2) is 66.7 Å². The van der Waals surface area contributed by atoms with Crippen LogP contribution in [0.25, 0.3) is 22.8 Å². The molecule has 6 nitrogen and oxygen atoms in total. The van der Waals surface area contributed by atoms with Gasteiger partial charge >= 0.3 is 0 Å². The van der Waals surface area contributed by atoms with E-state index in [9.17, 15) is 4.79 Å². The first-order valence-corrected chi connectivity index (χ1v) is 11.3. The van der Waals surface area contributed by atoms with E-state index < -0.39 is 0 Å². The summed E-state index contributed by atoms with van der Waals surface area (Å²) >= 11 is 0. The average molecular weight is 440 g/mol. The average Bonchev–Trinajstić information content (AvgIpc) is 3.22. The molecule has 168 valence electrons. The largest absolute Gasteiger partial charge is 0.372 e. The molecule has 1 heterocycles. The first-order valence-electron chi connectivity index (χ1n) is 11.3. The molecular weight excluding hydrogens is 410 g/mol. The SMILES string of the molecule is CCN(CC)c1ccc(-n2nc3cc(C)c(NC(=O)C=Cc4ccccc4)cc3n2)c(C)c1. The molecule has 4 rings (SSSR count). The number of aryl methyl sites for hydroxylation is 2. The smallest absolute Gasteiger partial charge is 0.248 e. The molecule has 0 radical (unpaired) electrons. The van der Waals surface area contributed by atoms with E-state index in [4.69, 9.17) is 0 Å². The maximum absolute atomic E-state index is 12.4. The van der Waals surface area contributed by atoms with Crippen LogP contribution >= 0.6 is 0 Å². The van der Waals surface area contributed by atoms with Gasteiger partial charge in [-0.05, 0) is 80.8 Å². The van der Waals surface area contributed by atoms with Gasteiger partial charge in [-0.2, -0.15) is 4.80 Å². The fourth-order valence-corrected chi connectivity index (χ4v) is 3.87. The van der Waals surface area contributed by atoms with Crippen LogP contribution < -0.4 is 10.2 Å². The van der Waals surface area contributed by atoms with Crippen LogP contribution in [0.1, 0.15) is 30.5 Å². The maximum atomic E-state index is 12.4. The Balaban J connectivity index is 1.58. The molecule has 4 aromatic rings. The van der Waals surface area contributed by atoms with Gasteiger partial charge in [0, 0.05) is 30.5 Å². The Bertz CT molecular complexity index is 1300. The third kappa shape index (κ3) is 4.95. The number of carbonyl (C=O) groups excluding carboxylic acids is 1. The van der Waals surface area contributed by atoms with Crippen LogP contribution in [-0.2, 0) is 4.79 Å². The highest BCUT2D eigenvalue weighted by Gasteiger charge is 2.12. The summed E-state index contributed by atoms with van der Waals surface area (Å²) in [6, 6.07) is 19.9. The molecule has 0 atom stereocenters. The van der Waals surface area contributed by atoms with Crippen LogP contribution in [0, 0.1) is 13.8 Å². The van der Waals surface area contributed by atoms with Crippen molar-refractivity contribution in [2.45, 2.75) is 27.7 Å². The van der Waals surface area contributed by atoms with E-state index in [2.05, 4.69) is 59.4 Å². The molecule has 0 saturated carbocycles. The number of hydrogen-bond donors (Lipinski definition) is 1. The molecule has 0 aliphatic carbocycles. The van der Waals surface area contributed by atoms with E-state index in [-0.39, 0.29) is 5.91 Å². The van der Waals surface area contributed by atoms with E-state index in [1.807, 2.05) is 49.4 Å². The van der Waals surface area contributed by atoms with Crippen molar-refractivity contribution >= 4 is 34.4 Å². The van der Waals surface area contributed by atoms with E-state index >= 15 is 0 Å². The van der Waals surface area contributed by atoms with Gasteiger partial charge in [0.2, 0.25) is 5.91 Å². The minimum atomic E-state index is -0.184. The van der Waals surface area contributed by atoms with Crippen molar-refractivity contribution in [2.75, 3.05) is 23.3 Å². The lowest BCUT2D eigenvalue weighted by atomic mass is 10.1. The van der Waals surface area contributed by atoms with Gasteiger partial charge < -0.3 is 10.2 Å². The molecule has 1 aromatic heterocycles. The summed E-state index contributed by atoms with van der Waals surface area (Å²) in [6.45, 7) is 10.3. The highest BCUT2D eigenvalue weighted by molar-refractivity contribution is 6.03. The van der Waals surface area contributed by atoms with Crippen molar-refractivity contribution in [2.24, 2.45) is 0 Å². The topological polar surface area (TPSA) is 63.1 Å². The van der Waals surface area contributed by atoms with E-state index in [0.717, 1.165) is 52.2 Å². The van der Waals surface area contributed by atoms with E-state index in [0.29, 0.717) is 0 Å². The molecule has 0 fully saturated rings. The highest BCUT2D eigenvalue weighted by Crippen LogP contribution is 2.25. The lowest BCUT2D eigenvalue weighted by molar-refractivity contribution is -0.111. The number of benzene rings is 3. The van der Waals surface area contributed by atoms with Gasteiger partial charge in [0.25, 0.3) is 0 Å². The normalized spacial score (nSPS) is 11.3. The third-order valence-electron chi connectivity index (χ3n) is 5.74. The minimum absolute atomic E-state index is 0.184. The summed E-state index contributed by atoms with van der Waals surface area (Å²) in [7, 11) is 0. The summed E-state index contributed by atoms with van der Waals surface area (Å²) in [5.74, 6) is -0.184. The standard InChI is InChI=1S/C27H29N5O/c1-5-31(6-2)22-13-14-26(20(4)16-22)32-29-24-17-19(3)23(18-25(24)30-32)28-27(33)15-12-21-10-8-7-9-11-21/h7-18H,5-6H2,1-4H3,(H,28,33). The van der Waals surface area contributed by atoms with E-state index in [1.54, 1.807) is 10.9 Å². The molecule has 0 aliphatic heterocycles. The molecule has 33 heavy (non-hydrogen) atoms. The molecule has 0 saturated heterocycles. The monoisotopic (exact) mass is 439 g/mol. The van der Waals surface area contributed by atoms with Crippen molar-refractivity contribution < 1.29 is 4.79 Å². The second kappa shape index (κ2) is 9.69. The number of nitrogens with one attached hydrogen (secondary N) is 1. The van der Waals surface area contributed by atoms with Gasteiger partial charge in [-0.25, -0.2) is 0 Å². The minimum Gasteiger partial charge on any atom is -0.372 e. The highest BCUT2D eigenvalue weighted by atomic mass is 16.1. The summed E-state index contributed by atoms with van der Waals surface area (Å²) in [4.78, 5) is 16.4. The van der Waals surface area contributed by atoms with Gasteiger partial charge in [0.15, 0.2) is 0 Å². The number of hydrogen-bond acceptors (Lipinski definition) is 4. The number of amides is 1. The zero-order valence-electron chi connectivity index (χ0n) is 19.5. The number of aromatic nitrogens is 3. The Labute approximate surface area is 194 Å². The Morgan fingerprint density at radius 3 is 2.30 bits per heavy atom. The van der Waals surface area contributed by atoms with Crippen molar-refractivity contribution in [3.05, 3.63) is 83.4 Å². The zero-order chi connectivity index (χ0) is 23.4. The van der Waals surface area contributed by atoms with Gasteiger partial charge in [0.05, 0.1) is 5.69 Å². The molecule has 3 aromatic carbocycles. The van der Waals surface area contributed by atoms with Crippen molar-refractivity contribution in [3.63, 3.8) is 0 Å². The Morgan fingerprint density at radius 1 is 0.939 bits per heavy atom. The zero-order valence-corrected chi connectivity index (χ0v) is 19.5. The number of carbonyl (C=O) groups is 1. The molecule has 0 bridgehead atoms. The molecule has 0 spiro atoms. The second-order valence-electron chi connectivity index (χ2n) is 8.02. The molecule has 1 N–H and O–H groups in total.